The summed E-state index contributed by atoms with van der Waals surface area (Å²) >= 11 is 3.47. The van der Waals surface area contributed by atoms with E-state index in [9.17, 15) is 0 Å². The van der Waals surface area contributed by atoms with Crippen LogP contribution < -0.4 is 11.1 Å². The highest BCUT2D eigenvalue weighted by Crippen LogP contribution is 2.30. The van der Waals surface area contributed by atoms with Crippen molar-refractivity contribution in [2.24, 2.45) is 0 Å². The Balaban J connectivity index is 2.13. The largest absolute Gasteiger partial charge is 0.382 e. The van der Waals surface area contributed by atoms with Crippen LogP contribution >= 0.6 is 15.9 Å². The zero-order chi connectivity index (χ0) is 11.8. The molecule has 0 aromatic carbocycles. The van der Waals surface area contributed by atoms with Crippen LogP contribution in [0.25, 0.3) is 5.52 Å². The van der Waals surface area contributed by atoms with Crippen molar-refractivity contribution >= 4 is 27.3 Å². The Kier molecular flexibility index (Phi) is 2.76. The lowest BCUT2D eigenvalue weighted by Crippen LogP contribution is -2.27. The van der Waals surface area contributed by atoms with Gasteiger partial charge in [0.15, 0.2) is 5.82 Å². The molecule has 0 saturated carbocycles. The minimum Gasteiger partial charge on any atom is -0.382 e. The molecule has 1 saturated heterocycles. The SMILES string of the molecule is Nc1nccn2c(C3CCNCC3)nc(Br)c12. The van der Waals surface area contributed by atoms with Crippen molar-refractivity contribution in [1.82, 2.24) is 19.7 Å². The van der Waals surface area contributed by atoms with Gasteiger partial charge in [-0.15, -0.1) is 0 Å². The van der Waals surface area contributed by atoms with Gasteiger partial charge in [0.1, 0.15) is 15.9 Å². The number of halogens is 1. The van der Waals surface area contributed by atoms with E-state index in [1.807, 2.05) is 6.20 Å². The van der Waals surface area contributed by atoms with E-state index in [1.165, 1.54) is 0 Å². The Morgan fingerprint density at radius 1 is 1.41 bits per heavy atom. The van der Waals surface area contributed by atoms with Gasteiger partial charge in [-0.2, -0.15) is 0 Å². The normalized spacial score (nSPS) is 17.7. The summed E-state index contributed by atoms with van der Waals surface area (Å²) in [4.78, 5) is 8.71. The van der Waals surface area contributed by atoms with Crippen LogP contribution in [0.15, 0.2) is 17.0 Å². The molecule has 1 fully saturated rings. The first-order chi connectivity index (χ1) is 8.27. The van der Waals surface area contributed by atoms with Crippen molar-refractivity contribution in [1.29, 1.82) is 0 Å². The van der Waals surface area contributed by atoms with E-state index in [2.05, 4.69) is 35.6 Å². The number of nitrogen functional groups attached to an aromatic ring is 1. The maximum Gasteiger partial charge on any atom is 0.150 e. The number of imidazole rings is 1. The van der Waals surface area contributed by atoms with E-state index in [-0.39, 0.29) is 0 Å². The van der Waals surface area contributed by atoms with E-state index >= 15 is 0 Å². The number of aromatic nitrogens is 3. The number of rotatable bonds is 1. The second-order valence-corrected chi connectivity index (χ2v) is 5.07. The second kappa shape index (κ2) is 4.27. The second-order valence-electron chi connectivity index (χ2n) is 4.32. The van der Waals surface area contributed by atoms with Crippen molar-refractivity contribution in [3.05, 3.63) is 22.8 Å². The molecule has 2 aromatic heterocycles. The zero-order valence-electron chi connectivity index (χ0n) is 9.36. The van der Waals surface area contributed by atoms with Gasteiger partial charge in [-0.3, -0.25) is 4.40 Å². The molecular weight excluding hydrogens is 282 g/mol. The molecule has 3 heterocycles. The van der Waals surface area contributed by atoms with Gasteiger partial charge in [-0.25, -0.2) is 9.97 Å². The Morgan fingerprint density at radius 2 is 2.18 bits per heavy atom. The van der Waals surface area contributed by atoms with Crippen molar-refractivity contribution in [2.45, 2.75) is 18.8 Å². The maximum atomic E-state index is 5.89. The first-order valence-electron chi connectivity index (χ1n) is 5.76. The van der Waals surface area contributed by atoms with Gasteiger partial charge in [0.25, 0.3) is 0 Å². The molecule has 1 aliphatic rings. The van der Waals surface area contributed by atoms with Crippen molar-refractivity contribution < 1.29 is 0 Å². The summed E-state index contributed by atoms with van der Waals surface area (Å²) < 4.78 is 2.85. The number of nitrogens with two attached hydrogens (primary N) is 1. The molecule has 17 heavy (non-hydrogen) atoms. The number of piperidine rings is 1. The molecule has 1 aliphatic heterocycles. The number of nitrogens with zero attached hydrogens (tertiary/aromatic N) is 3. The van der Waals surface area contributed by atoms with Crippen LogP contribution in [0.2, 0.25) is 0 Å². The first-order valence-corrected chi connectivity index (χ1v) is 6.55. The Labute approximate surface area is 108 Å². The Hall–Kier alpha value is -1.14. The predicted octanol–water partition coefficient (Wildman–Crippen LogP) is 1.54. The molecule has 90 valence electrons. The number of anilines is 1. The van der Waals surface area contributed by atoms with E-state index < -0.39 is 0 Å². The summed E-state index contributed by atoms with van der Waals surface area (Å²) in [5, 5.41) is 3.36. The van der Waals surface area contributed by atoms with Crippen molar-refractivity contribution in [3.63, 3.8) is 0 Å². The van der Waals surface area contributed by atoms with Gasteiger partial charge in [0, 0.05) is 18.3 Å². The Bertz CT molecular complexity index is 544. The minimum absolute atomic E-state index is 0.497. The van der Waals surface area contributed by atoms with E-state index in [0.29, 0.717) is 11.7 Å². The van der Waals surface area contributed by atoms with E-state index in [0.717, 1.165) is 41.9 Å². The van der Waals surface area contributed by atoms with Crippen LogP contribution in [-0.4, -0.2) is 27.5 Å². The third kappa shape index (κ3) is 1.81. The molecule has 0 bridgehead atoms. The summed E-state index contributed by atoms with van der Waals surface area (Å²) in [5.74, 6) is 2.10. The fourth-order valence-corrected chi connectivity index (χ4v) is 2.99. The van der Waals surface area contributed by atoms with Crippen molar-refractivity contribution in [3.8, 4) is 0 Å². The lowest BCUT2D eigenvalue weighted by atomic mass is 9.97. The number of hydrogen-bond acceptors (Lipinski definition) is 4. The Morgan fingerprint density at radius 3 is 2.94 bits per heavy atom. The highest BCUT2D eigenvalue weighted by Gasteiger charge is 2.22. The molecule has 6 heteroatoms. The van der Waals surface area contributed by atoms with Crippen LogP contribution in [0.5, 0.6) is 0 Å². The molecular formula is C11H14BrN5. The van der Waals surface area contributed by atoms with Crippen molar-refractivity contribution in [2.75, 3.05) is 18.8 Å². The summed E-state index contributed by atoms with van der Waals surface area (Å²) in [6.07, 6.45) is 5.89. The van der Waals surface area contributed by atoms with Gasteiger partial charge in [-0.05, 0) is 41.9 Å². The molecule has 0 aliphatic carbocycles. The van der Waals surface area contributed by atoms with Crippen LogP contribution in [0.3, 0.4) is 0 Å². The van der Waals surface area contributed by atoms with Gasteiger partial charge in [0.2, 0.25) is 0 Å². The average molecular weight is 296 g/mol. The van der Waals surface area contributed by atoms with E-state index in [1.54, 1.807) is 6.20 Å². The smallest absolute Gasteiger partial charge is 0.150 e. The highest BCUT2D eigenvalue weighted by atomic mass is 79.9. The third-order valence-corrected chi connectivity index (χ3v) is 3.83. The maximum absolute atomic E-state index is 5.89. The molecule has 0 unspecified atom stereocenters. The van der Waals surface area contributed by atoms with Gasteiger partial charge >= 0.3 is 0 Å². The minimum atomic E-state index is 0.497. The number of hydrogen-bond donors (Lipinski definition) is 2. The molecule has 5 nitrogen and oxygen atoms in total. The monoisotopic (exact) mass is 295 g/mol. The molecule has 0 spiro atoms. The van der Waals surface area contributed by atoms with Gasteiger partial charge in [0.05, 0.1) is 0 Å². The van der Waals surface area contributed by atoms with Crippen LogP contribution in [0, 0.1) is 0 Å². The summed E-state index contributed by atoms with van der Waals surface area (Å²) in [6.45, 7) is 2.11. The molecule has 3 N–H and O–H groups in total. The molecule has 0 amide bonds. The number of fused-ring (bicyclic) bond motifs is 1. The first kappa shape index (κ1) is 11.0. The fourth-order valence-electron chi connectivity index (χ4n) is 2.41. The van der Waals surface area contributed by atoms with Crippen LogP contribution in [0.1, 0.15) is 24.6 Å². The molecule has 3 rings (SSSR count). The quantitative estimate of drug-likeness (QED) is 0.837. The molecule has 0 atom stereocenters. The summed E-state index contributed by atoms with van der Waals surface area (Å²) in [7, 11) is 0. The third-order valence-electron chi connectivity index (χ3n) is 3.27. The lowest BCUT2D eigenvalue weighted by Gasteiger charge is -2.21. The molecule has 2 aromatic rings. The zero-order valence-corrected chi connectivity index (χ0v) is 10.9. The summed E-state index contributed by atoms with van der Waals surface area (Å²) in [6, 6.07) is 0. The lowest BCUT2D eigenvalue weighted by molar-refractivity contribution is 0.444. The fraction of sp³-hybridized carbons (Fsp3) is 0.455. The van der Waals surface area contributed by atoms with Crippen LogP contribution in [-0.2, 0) is 0 Å². The highest BCUT2D eigenvalue weighted by molar-refractivity contribution is 9.10. The molecule has 0 radical (unpaired) electrons. The van der Waals surface area contributed by atoms with Crippen LogP contribution in [0.4, 0.5) is 5.82 Å². The number of nitrogens with one attached hydrogen (secondary N) is 1. The topological polar surface area (TPSA) is 68.2 Å². The van der Waals surface area contributed by atoms with E-state index in [4.69, 9.17) is 5.73 Å². The standard InChI is InChI=1S/C11H14BrN5/c12-9-8-10(13)15-5-6-17(8)11(16-9)7-1-3-14-4-2-7/h5-7,14H,1-4H2,(H2,13,15). The van der Waals surface area contributed by atoms with Gasteiger partial charge in [-0.1, -0.05) is 0 Å². The average Bonchev–Trinajstić information content (AvgIpc) is 2.69. The summed E-state index contributed by atoms with van der Waals surface area (Å²) in [5.41, 5.74) is 6.76. The van der Waals surface area contributed by atoms with Gasteiger partial charge < -0.3 is 11.1 Å². The predicted molar refractivity (Wildman–Crippen MR) is 69.9 cm³/mol.